The number of nitrogens with zero attached hydrogens (tertiary/aromatic N) is 6. The Morgan fingerprint density at radius 3 is 2.76 bits per heavy atom. The molecule has 1 aliphatic heterocycles. The number of hydrogen-bond acceptors (Lipinski definition) is 9. The van der Waals surface area contributed by atoms with E-state index in [0.717, 1.165) is 36.6 Å². The van der Waals surface area contributed by atoms with E-state index < -0.39 is 5.97 Å². The lowest BCUT2D eigenvalue weighted by Gasteiger charge is -2.40. The highest BCUT2D eigenvalue weighted by Crippen LogP contribution is 2.42. The minimum absolute atomic E-state index is 0.111. The molecule has 0 unspecified atom stereocenters. The second-order valence-corrected chi connectivity index (χ2v) is 8.23. The molecule has 1 aliphatic carbocycles. The number of methoxy groups -OCH3 is 2. The molecule has 1 aromatic carbocycles. The van der Waals surface area contributed by atoms with Crippen LogP contribution in [0.2, 0.25) is 0 Å². The zero-order valence-electron chi connectivity index (χ0n) is 19.0. The molecule has 1 atom stereocenters. The molecule has 10 heteroatoms. The minimum Gasteiger partial charge on any atom is -0.495 e. The standard InChI is InChI=1S/C23H27N7O3/c1-4-17-20-25-13-26-30(20)18-12-24-23(28-21(18)29(17)15-7-5-6-8-15)27-16-10-9-14(22(31)33-3)11-19(16)32-2/h9-13,15,17H,4-8H2,1-3H3,(H,24,27,28)/t17-/m1/s1. The molecule has 5 rings (SSSR count). The van der Waals surface area contributed by atoms with Gasteiger partial charge in [-0.1, -0.05) is 19.8 Å². The van der Waals surface area contributed by atoms with Crippen molar-refractivity contribution in [2.75, 3.05) is 24.4 Å². The fourth-order valence-corrected chi connectivity index (χ4v) is 4.85. The van der Waals surface area contributed by atoms with Gasteiger partial charge in [-0.15, -0.1) is 0 Å². The van der Waals surface area contributed by atoms with Crippen LogP contribution >= 0.6 is 0 Å². The predicted molar refractivity (Wildman–Crippen MR) is 122 cm³/mol. The highest BCUT2D eigenvalue weighted by Gasteiger charge is 2.38. The van der Waals surface area contributed by atoms with Gasteiger partial charge in [-0.25, -0.2) is 19.4 Å². The van der Waals surface area contributed by atoms with Gasteiger partial charge in [0.2, 0.25) is 5.95 Å². The molecule has 0 bridgehead atoms. The van der Waals surface area contributed by atoms with Crippen molar-refractivity contribution in [3.63, 3.8) is 0 Å². The van der Waals surface area contributed by atoms with Crippen LogP contribution in [-0.2, 0) is 4.74 Å². The molecular weight excluding hydrogens is 422 g/mol. The minimum atomic E-state index is -0.425. The Morgan fingerprint density at radius 2 is 2.03 bits per heavy atom. The first kappa shape index (κ1) is 21.2. The van der Waals surface area contributed by atoms with Gasteiger partial charge in [-0.05, 0) is 37.5 Å². The zero-order chi connectivity index (χ0) is 22.9. The first-order valence-corrected chi connectivity index (χ1v) is 11.2. The van der Waals surface area contributed by atoms with Gasteiger partial charge in [0.15, 0.2) is 11.6 Å². The summed E-state index contributed by atoms with van der Waals surface area (Å²) in [5.41, 5.74) is 1.89. The maximum absolute atomic E-state index is 11.9. The summed E-state index contributed by atoms with van der Waals surface area (Å²) in [6, 6.07) is 5.59. The van der Waals surface area contributed by atoms with E-state index in [9.17, 15) is 4.79 Å². The Hall–Kier alpha value is -3.69. The van der Waals surface area contributed by atoms with Gasteiger partial charge in [0.05, 0.1) is 37.7 Å². The molecule has 0 saturated heterocycles. The van der Waals surface area contributed by atoms with Gasteiger partial charge in [0.1, 0.15) is 17.8 Å². The van der Waals surface area contributed by atoms with Crippen LogP contribution in [0.3, 0.4) is 0 Å². The van der Waals surface area contributed by atoms with Gasteiger partial charge >= 0.3 is 5.97 Å². The van der Waals surface area contributed by atoms with Crippen LogP contribution in [0.5, 0.6) is 5.75 Å². The highest BCUT2D eigenvalue weighted by atomic mass is 16.5. The molecule has 2 aliphatic rings. The van der Waals surface area contributed by atoms with Crippen molar-refractivity contribution in [3.05, 3.63) is 42.1 Å². The Labute approximate surface area is 192 Å². The number of esters is 1. The van der Waals surface area contributed by atoms with Crippen LogP contribution in [0.25, 0.3) is 5.69 Å². The van der Waals surface area contributed by atoms with E-state index in [2.05, 4.69) is 32.2 Å². The monoisotopic (exact) mass is 449 g/mol. The van der Waals surface area contributed by atoms with Gasteiger partial charge < -0.3 is 19.7 Å². The highest BCUT2D eigenvalue weighted by molar-refractivity contribution is 5.91. The number of anilines is 3. The Bertz CT molecular complexity index is 1170. The van der Waals surface area contributed by atoms with Crippen LogP contribution in [0.15, 0.2) is 30.7 Å². The van der Waals surface area contributed by atoms with E-state index in [-0.39, 0.29) is 6.04 Å². The molecule has 1 fully saturated rings. The van der Waals surface area contributed by atoms with E-state index >= 15 is 0 Å². The third-order valence-electron chi connectivity index (χ3n) is 6.40. The Kier molecular flexibility index (Phi) is 5.57. The van der Waals surface area contributed by atoms with Crippen LogP contribution in [-0.4, -0.2) is 51.0 Å². The molecule has 0 spiro atoms. The van der Waals surface area contributed by atoms with Crippen molar-refractivity contribution in [2.45, 2.75) is 51.1 Å². The number of ether oxygens (including phenoxy) is 2. The summed E-state index contributed by atoms with van der Waals surface area (Å²) in [6.07, 6.45) is 9.01. The molecule has 3 aromatic rings. The number of benzene rings is 1. The lowest BCUT2D eigenvalue weighted by atomic mass is 10.0. The molecule has 0 amide bonds. The summed E-state index contributed by atoms with van der Waals surface area (Å²) < 4.78 is 12.1. The number of carbonyl (C=O) groups excluding carboxylic acids is 1. The fourth-order valence-electron chi connectivity index (χ4n) is 4.85. The van der Waals surface area contributed by atoms with E-state index in [1.54, 1.807) is 37.8 Å². The summed E-state index contributed by atoms with van der Waals surface area (Å²) in [6.45, 7) is 2.17. The molecular formula is C23H27N7O3. The number of fused-ring (bicyclic) bond motifs is 3. The van der Waals surface area contributed by atoms with Crippen molar-refractivity contribution in [2.24, 2.45) is 0 Å². The number of nitrogens with one attached hydrogen (secondary N) is 1. The summed E-state index contributed by atoms with van der Waals surface area (Å²) in [4.78, 5) is 28.3. The van der Waals surface area contributed by atoms with Crippen molar-refractivity contribution in [3.8, 4) is 11.4 Å². The Balaban J connectivity index is 1.54. The second-order valence-electron chi connectivity index (χ2n) is 8.23. The molecule has 1 saturated carbocycles. The normalized spacial score (nSPS) is 17.4. The third-order valence-corrected chi connectivity index (χ3v) is 6.40. The van der Waals surface area contributed by atoms with E-state index in [0.29, 0.717) is 29.0 Å². The van der Waals surface area contributed by atoms with Gasteiger partial charge in [-0.3, -0.25) is 0 Å². The van der Waals surface area contributed by atoms with E-state index in [1.807, 2.05) is 4.68 Å². The number of hydrogen-bond donors (Lipinski definition) is 1. The van der Waals surface area contributed by atoms with Crippen molar-refractivity contribution >= 4 is 23.4 Å². The zero-order valence-corrected chi connectivity index (χ0v) is 19.0. The van der Waals surface area contributed by atoms with E-state index in [4.69, 9.17) is 14.5 Å². The maximum Gasteiger partial charge on any atom is 0.337 e. The van der Waals surface area contributed by atoms with Crippen LogP contribution in [0, 0.1) is 0 Å². The lowest BCUT2D eigenvalue weighted by molar-refractivity contribution is 0.0600. The largest absolute Gasteiger partial charge is 0.495 e. The van der Waals surface area contributed by atoms with Gasteiger partial charge in [0.25, 0.3) is 0 Å². The quantitative estimate of drug-likeness (QED) is 0.562. The number of rotatable bonds is 6. The predicted octanol–water partition coefficient (Wildman–Crippen LogP) is 3.81. The molecule has 33 heavy (non-hydrogen) atoms. The first-order valence-electron chi connectivity index (χ1n) is 11.2. The molecule has 172 valence electrons. The Morgan fingerprint density at radius 1 is 1.21 bits per heavy atom. The van der Waals surface area contributed by atoms with Crippen LogP contribution < -0.4 is 15.0 Å². The molecule has 2 aromatic heterocycles. The summed E-state index contributed by atoms with van der Waals surface area (Å²) >= 11 is 0. The van der Waals surface area contributed by atoms with Gasteiger partial charge in [-0.2, -0.15) is 10.1 Å². The topological polar surface area (TPSA) is 107 Å². The average Bonchev–Trinajstić information content (AvgIpc) is 3.55. The molecule has 10 nitrogen and oxygen atoms in total. The van der Waals surface area contributed by atoms with Crippen molar-refractivity contribution in [1.29, 1.82) is 0 Å². The van der Waals surface area contributed by atoms with Gasteiger partial charge in [0, 0.05) is 6.04 Å². The molecule has 3 heterocycles. The number of carbonyl (C=O) groups is 1. The first-order chi connectivity index (χ1) is 16.1. The van der Waals surface area contributed by atoms with Crippen LogP contribution in [0.1, 0.15) is 61.3 Å². The maximum atomic E-state index is 11.9. The molecule has 0 radical (unpaired) electrons. The van der Waals surface area contributed by atoms with Crippen molar-refractivity contribution < 1.29 is 14.3 Å². The SMILES string of the molecule is CC[C@@H]1c2ncnn2-c2cnc(Nc3ccc(C(=O)OC)cc3OC)nc2N1C1CCCC1. The van der Waals surface area contributed by atoms with Crippen LogP contribution in [0.4, 0.5) is 17.5 Å². The molecule has 1 N–H and O–H groups in total. The fraction of sp³-hybridized carbons (Fsp3) is 0.435. The summed E-state index contributed by atoms with van der Waals surface area (Å²) in [5.74, 6) is 2.30. The number of aromatic nitrogens is 5. The lowest BCUT2D eigenvalue weighted by Crippen LogP contribution is -2.42. The van der Waals surface area contributed by atoms with Crippen molar-refractivity contribution in [1.82, 2.24) is 24.7 Å². The summed E-state index contributed by atoms with van der Waals surface area (Å²) in [5, 5.41) is 7.70. The second kappa shape index (κ2) is 8.68. The third kappa shape index (κ3) is 3.65. The van der Waals surface area contributed by atoms with E-state index in [1.165, 1.54) is 20.0 Å². The smallest absolute Gasteiger partial charge is 0.337 e. The summed E-state index contributed by atoms with van der Waals surface area (Å²) in [7, 11) is 2.90. The average molecular weight is 450 g/mol.